The number of Topliss-reactive ketones (excluding diaryl/α,β-unsaturated/α-hetero) is 1. The number of nitrogens with two attached hydrogens (primary N) is 1. The number of hydrogen-bond donors (Lipinski definition) is 2. The van der Waals surface area contributed by atoms with E-state index in [0.29, 0.717) is 23.3 Å². The maximum absolute atomic E-state index is 13.0. The van der Waals surface area contributed by atoms with Crippen LogP contribution in [0.4, 0.5) is 0 Å². The lowest BCUT2D eigenvalue weighted by molar-refractivity contribution is -0.135. The molecule has 1 amide bonds. The van der Waals surface area contributed by atoms with Crippen LogP contribution in [-0.2, 0) is 28.0 Å². The van der Waals surface area contributed by atoms with E-state index in [1.807, 2.05) is 41.5 Å². The summed E-state index contributed by atoms with van der Waals surface area (Å²) in [6.45, 7) is 11.8. The SMILES string of the molecule is CC1(C)Cc2c(sc(CC(=O)[C@]3(CO)CC3(C)C)c2C(N)=O)C(C)(C)O1. The third-order valence-corrected chi connectivity index (χ3v) is 7.58. The molecule has 0 spiro atoms. The number of aliphatic hydroxyl groups is 1. The fraction of sp³-hybridized carbons (Fsp3) is 0.700. The van der Waals surface area contributed by atoms with Crippen LogP contribution in [0.5, 0.6) is 0 Å². The fourth-order valence-electron chi connectivity index (χ4n) is 4.64. The van der Waals surface area contributed by atoms with Crippen molar-refractivity contribution < 1.29 is 19.4 Å². The molecular formula is C20H29NO4S. The summed E-state index contributed by atoms with van der Waals surface area (Å²) in [5.41, 5.74) is 5.26. The van der Waals surface area contributed by atoms with Gasteiger partial charge in [0.05, 0.1) is 28.8 Å². The molecule has 1 fully saturated rings. The molecular weight excluding hydrogens is 350 g/mol. The van der Waals surface area contributed by atoms with Gasteiger partial charge in [0.1, 0.15) is 5.78 Å². The van der Waals surface area contributed by atoms with Crippen LogP contribution in [0.25, 0.3) is 0 Å². The van der Waals surface area contributed by atoms with Crippen LogP contribution in [0.2, 0.25) is 0 Å². The summed E-state index contributed by atoms with van der Waals surface area (Å²) >= 11 is 1.45. The Balaban J connectivity index is 2.04. The van der Waals surface area contributed by atoms with Gasteiger partial charge in [0.25, 0.3) is 0 Å². The predicted molar refractivity (Wildman–Crippen MR) is 101 cm³/mol. The minimum absolute atomic E-state index is 0.0101. The average molecular weight is 380 g/mol. The standard InChI is InChI=1S/C20H29NO4S/c1-17(2)9-20(17,10-22)13(23)7-12-14(16(21)24)11-8-18(3,4)25-19(5,6)15(11)26-12/h22H,7-10H2,1-6H3,(H2,21,24)/t20-/m1/s1. The number of ether oxygens (including phenoxy) is 1. The van der Waals surface area contributed by atoms with E-state index in [1.54, 1.807) is 0 Å². The van der Waals surface area contributed by atoms with Gasteiger partial charge in [-0.3, -0.25) is 9.59 Å². The number of hydrogen-bond acceptors (Lipinski definition) is 5. The highest BCUT2D eigenvalue weighted by Crippen LogP contribution is 2.64. The second kappa shape index (κ2) is 5.63. The summed E-state index contributed by atoms with van der Waals surface area (Å²) < 4.78 is 6.21. The molecule has 1 aliphatic heterocycles. The quantitative estimate of drug-likeness (QED) is 0.823. The van der Waals surface area contributed by atoms with Gasteiger partial charge in [0.15, 0.2) is 0 Å². The molecule has 6 heteroatoms. The lowest BCUT2D eigenvalue weighted by atomic mass is 9.85. The molecule has 0 bridgehead atoms. The molecule has 0 aromatic carbocycles. The first-order valence-electron chi connectivity index (χ1n) is 9.05. The maximum atomic E-state index is 13.0. The van der Waals surface area contributed by atoms with E-state index < -0.39 is 22.5 Å². The first-order chi connectivity index (χ1) is 11.8. The third kappa shape index (κ3) is 2.83. The van der Waals surface area contributed by atoms with E-state index >= 15 is 0 Å². The number of ketones is 1. The first kappa shape index (κ1) is 19.5. The van der Waals surface area contributed by atoms with E-state index in [9.17, 15) is 14.7 Å². The van der Waals surface area contributed by atoms with Crippen LogP contribution in [-0.4, -0.2) is 29.0 Å². The van der Waals surface area contributed by atoms with E-state index in [1.165, 1.54) is 11.3 Å². The summed E-state index contributed by atoms with van der Waals surface area (Å²) in [6, 6.07) is 0. The molecule has 1 aromatic heterocycles. The molecule has 1 aliphatic carbocycles. The van der Waals surface area contributed by atoms with Crippen molar-refractivity contribution >= 4 is 23.0 Å². The second-order valence-corrected chi connectivity index (χ2v) is 10.6. The molecule has 0 saturated heterocycles. The summed E-state index contributed by atoms with van der Waals surface area (Å²) in [7, 11) is 0. The minimum atomic E-state index is -0.697. The number of fused-ring (bicyclic) bond motifs is 1. The molecule has 3 N–H and O–H groups in total. The van der Waals surface area contributed by atoms with Crippen molar-refractivity contribution in [3.8, 4) is 0 Å². The summed E-state index contributed by atoms with van der Waals surface area (Å²) in [5, 5.41) is 9.80. The van der Waals surface area contributed by atoms with Crippen molar-refractivity contribution in [1.29, 1.82) is 0 Å². The smallest absolute Gasteiger partial charge is 0.250 e. The molecule has 3 rings (SSSR count). The van der Waals surface area contributed by atoms with E-state index in [-0.39, 0.29) is 24.2 Å². The van der Waals surface area contributed by atoms with Gasteiger partial charge in [-0.25, -0.2) is 0 Å². The number of rotatable bonds is 5. The molecule has 0 radical (unpaired) electrons. The largest absolute Gasteiger partial charge is 0.395 e. The predicted octanol–water partition coefficient (Wildman–Crippen LogP) is 2.95. The van der Waals surface area contributed by atoms with Crippen molar-refractivity contribution in [3.63, 3.8) is 0 Å². The van der Waals surface area contributed by atoms with Crippen molar-refractivity contribution in [2.45, 2.75) is 72.0 Å². The van der Waals surface area contributed by atoms with Crippen molar-refractivity contribution in [2.75, 3.05) is 6.61 Å². The normalized spacial score (nSPS) is 27.7. The van der Waals surface area contributed by atoms with E-state index in [4.69, 9.17) is 10.5 Å². The number of aliphatic hydroxyl groups excluding tert-OH is 1. The fourth-order valence-corrected chi connectivity index (χ4v) is 6.00. The highest BCUT2D eigenvalue weighted by atomic mass is 32.1. The highest BCUT2D eigenvalue weighted by Gasteiger charge is 2.65. The molecule has 1 aromatic rings. The average Bonchev–Trinajstić information content (AvgIpc) is 2.84. The Morgan fingerprint density at radius 3 is 2.23 bits per heavy atom. The third-order valence-electron chi connectivity index (χ3n) is 6.05. The zero-order valence-electron chi connectivity index (χ0n) is 16.5. The topological polar surface area (TPSA) is 89.6 Å². The molecule has 2 heterocycles. The van der Waals surface area contributed by atoms with Gasteiger partial charge in [-0.15, -0.1) is 11.3 Å². The van der Waals surface area contributed by atoms with Crippen LogP contribution in [0, 0.1) is 10.8 Å². The zero-order chi connectivity index (χ0) is 19.7. The Kier molecular flexibility index (Phi) is 4.23. The lowest BCUT2D eigenvalue weighted by Crippen LogP contribution is -2.42. The summed E-state index contributed by atoms with van der Waals surface area (Å²) in [6.07, 6.45) is 1.40. The van der Waals surface area contributed by atoms with Crippen LogP contribution in [0.1, 0.15) is 73.6 Å². The number of carbonyl (C=O) groups excluding carboxylic acids is 2. The van der Waals surface area contributed by atoms with Crippen molar-refractivity contribution in [3.05, 3.63) is 20.9 Å². The van der Waals surface area contributed by atoms with Crippen LogP contribution in [0.15, 0.2) is 0 Å². The van der Waals surface area contributed by atoms with Crippen LogP contribution >= 0.6 is 11.3 Å². The molecule has 1 saturated carbocycles. The van der Waals surface area contributed by atoms with E-state index in [2.05, 4.69) is 0 Å². The van der Waals surface area contributed by atoms with Gasteiger partial charge in [0.2, 0.25) is 5.91 Å². The second-order valence-electron chi connectivity index (χ2n) is 9.52. The maximum Gasteiger partial charge on any atom is 0.250 e. The molecule has 26 heavy (non-hydrogen) atoms. The Hall–Kier alpha value is -1.24. The molecule has 2 aliphatic rings. The van der Waals surface area contributed by atoms with Crippen molar-refractivity contribution in [2.24, 2.45) is 16.6 Å². The molecule has 5 nitrogen and oxygen atoms in total. The van der Waals surface area contributed by atoms with Crippen LogP contribution in [0.3, 0.4) is 0 Å². The van der Waals surface area contributed by atoms with Gasteiger partial charge >= 0.3 is 0 Å². The molecule has 1 atom stereocenters. The van der Waals surface area contributed by atoms with Gasteiger partial charge in [0, 0.05) is 22.6 Å². The summed E-state index contributed by atoms with van der Waals surface area (Å²) in [5.74, 6) is -0.504. The molecule has 0 unspecified atom stereocenters. The monoisotopic (exact) mass is 379 g/mol. The Bertz CT molecular complexity index is 790. The number of carbonyl (C=O) groups is 2. The highest BCUT2D eigenvalue weighted by molar-refractivity contribution is 7.12. The number of amides is 1. The van der Waals surface area contributed by atoms with E-state index in [0.717, 1.165) is 10.4 Å². The Morgan fingerprint density at radius 1 is 1.19 bits per heavy atom. The lowest BCUT2D eigenvalue weighted by Gasteiger charge is -2.41. The zero-order valence-corrected chi connectivity index (χ0v) is 17.3. The minimum Gasteiger partial charge on any atom is -0.395 e. The summed E-state index contributed by atoms with van der Waals surface area (Å²) in [4.78, 5) is 26.9. The number of thiophene rings is 1. The van der Waals surface area contributed by atoms with Gasteiger partial charge < -0.3 is 15.6 Å². The molecule has 144 valence electrons. The first-order valence-corrected chi connectivity index (χ1v) is 9.87. The number of primary amides is 1. The van der Waals surface area contributed by atoms with Gasteiger partial charge in [-0.2, -0.15) is 0 Å². The Morgan fingerprint density at radius 2 is 1.77 bits per heavy atom. The van der Waals surface area contributed by atoms with Gasteiger partial charge in [-0.05, 0) is 45.1 Å². The van der Waals surface area contributed by atoms with Crippen LogP contribution < -0.4 is 5.73 Å². The van der Waals surface area contributed by atoms with Gasteiger partial charge in [-0.1, -0.05) is 13.8 Å². The van der Waals surface area contributed by atoms with Crippen molar-refractivity contribution in [1.82, 2.24) is 0 Å². The Labute approximate surface area is 158 Å².